The van der Waals surface area contributed by atoms with Crippen LogP contribution in [0.25, 0.3) is 0 Å². The van der Waals surface area contributed by atoms with Crippen molar-refractivity contribution < 1.29 is 128 Å². The first-order valence-electron chi connectivity index (χ1n) is 35.9. The largest absolute Gasteiger partial charge is 1.00 e. The average Bonchev–Trinajstić information content (AvgIpc) is 0.833. The van der Waals surface area contributed by atoms with Crippen molar-refractivity contribution in [1.82, 2.24) is 11.1 Å². The van der Waals surface area contributed by atoms with Crippen LogP contribution >= 0.6 is 0 Å². The maximum absolute atomic E-state index is 11.2. The smallest absolute Gasteiger partial charge is 0.635 e. The SMILES string of the molecule is CC(=O)Nc1ccc(C2CCCCC2)c(N)c1.CC(=O)Nc1ccc(C2CCCCC2)c([N+](=O)[O-])c1.CC(=O)OC(C)=O.CCN(CC)CC.N.Nc1ccc(C2CCCCC2)c(O)c1.Nc1ccc(C2CCCCC2)c([N+](=O)[O-])c1.Nc1ccc(C2CCCCC2)cc1.O=CO.O=NO[O-].O=S(=O)(O)O.[K+]. The number of carboxylic acid groups (broad SMARTS) is 1. The van der Waals surface area contributed by atoms with Crippen LogP contribution in [-0.2, 0) is 44.1 Å². The molecule has 10 rings (SSSR count). The molecule has 5 aliphatic carbocycles. The van der Waals surface area contributed by atoms with E-state index in [1.165, 1.54) is 198 Å². The molecule has 107 heavy (non-hydrogen) atoms. The third-order valence-corrected chi connectivity index (χ3v) is 18.1. The van der Waals surface area contributed by atoms with E-state index in [1.54, 1.807) is 24.3 Å². The fourth-order valence-electron chi connectivity index (χ4n) is 13.3. The topological polar surface area (TPSA) is 524 Å². The molecule has 0 spiro atoms. The number of rotatable bonds is 13. The first-order valence-corrected chi connectivity index (χ1v) is 37.3. The summed E-state index contributed by atoms with van der Waals surface area (Å²) < 4.78 is 35.6. The normalized spacial score (nSPS) is 14.8. The van der Waals surface area contributed by atoms with Gasteiger partial charge in [0, 0.05) is 91.1 Å². The van der Waals surface area contributed by atoms with Crippen LogP contribution < -0.4 is 96.4 Å². The molecule has 17 N–H and O–H groups in total. The van der Waals surface area contributed by atoms with Gasteiger partial charge >= 0.3 is 73.7 Å². The summed E-state index contributed by atoms with van der Waals surface area (Å²) in [6.07, 6.45) is 30.9. The predicted molar refractivity (Wildman–Crippen MR) is 413 cm³/mol. The Morgan fingerprint density at radius 3 is 1.11 bits per heavy atom. The van der Waals surface area contributed by atoms with Gasteiger partial charge in [0.1, 0.15) is 11.1 Å². The number of nitrogens with two attached hydrogens (primary N) is 4. The van der Waals surface area contributed by atoms with Crippen molar-refractivity contribution in [3.63, 3.8) is 0 Å². The number of ether oxygens (including phenoxy) is 1. The number of carbonyl (C=O) groups is 5. The molecule has 0 saturated heterocycles. The number of nitrogens with one attached hydrogen (secondary N) is 2. The van der Waals surface area contributed by atoms with Crippen molar-refractivity contribution in [1.29, 1.82) is 0 Å². The van der Waals surface area contributed by atoms with Gasteiger partial charge in [0.05, 0.1) is 9.85 Å². The second kappa shape index (κ2) is 58.3. The van der Waals surface area contributed by atoms with Gasteiger partial charge in [-0.15, -0.1) is 4.91 Å². The van der Waals surface area contributed by atoms with Gasteiger partial charge in [0.2, 0.25) is 11.8 Å². The molecule has 0 aliphatic heterocycles. The maximum atomic E-state index is 11.2. The molecule has 5 aliphatic rings. The summed E-state index contributed by atoms with van der Waals surface area (Å²) in [5.41, 5.74) is 32.8. The fourth-order valence-corrected chi connectivity index (χ4v) is 13.3. The van der Waals surface area contributed by atoms with Crippen LogP contribution in [0.3, 0.4) is 0 Å². The number of benzene rings is 5. The molecule has 5 aromatic carbocycles. The first-order chi connectivity index (χ1) is 49.9. The summed E-state index contributed by atoms with van der Waals surface area (Å²) in [5, 5.41) is 53.9. The number of phenols is 1. The standard InChI is InChI=1S/C14H18N2O3.C14H20N2O.C12H16N2O2.C12H17NO.C12H17N.C6H15N.C4H6O3.CH2O2.K.HNO3.H3N.H2O4S/c1-10(17)15-12-7-8-13(14(9-12)16(18)19)11-5-3-2-4-6-11;1-10(17)16-12-7-8-13(14(15)9-12)11-5-3-2-4-6-11;13-10-6-7-11(12(8-10)14(15)16)9-4-2-1-3-5-9;13-10-6-7-11(12(14)8-10)9-4-2-1-3-5-9;13-12-8-6-11(7-9-12)10-4-2-1-3-5-10;1-4-7(5-2)6-3;1-3(5)7-4(2)6;2-1-3;;2-1-4-3;;1-5(2,3)4/h7-9,11H,2-6H2,1H3,(H,15,17);7-9,11H,2-6,15H2,1H3,(H,16,17);6-9H,1-5,13H2;6-9,14H,1-5,13H2;6-10H,1-5,13H2;4-6H2,1-3H3;1-2H3;1H,(H,2,3);;3H;1H3;(H2,1,2,3,4)/q;;;;;;;;+1;;;/p-1. The number of esters is 2. The summed E-state index contributed by atoms with van der Waals surface area (Å²) in [6.45, 7) is 15.1. The molecule has 0 unspecified atom stereocenters. The Balaban J connectivity index is 0. The van der Waals surface area contributed by atoms with Crippen LogP contribution in [-0.4, -0.2) is 92.3 Å². The summed E-state index contributed by atoms with van der Waals surface area (Å²) in [4.78, 5) is 84.6. The number of aromatic hydroxyl groups is 1. The van der Waals surface area contributed by atoms with E-state index >= 15 is 0 Å². The number of nitro groups is 2. The van der Waals surface area contributed by atoms with Gasteiger partial charge in [-0.2, -0.15) is 8.42 Å². The second-order valence-corrected chi connectivity index (χ2v) is 26.8. The molecule has 5 aromatic rings. The van der Waals surface area contributed by atoms with E-state index in [2.05, 4.69) is 64.2 Å². The Hall–Kier alpha value is -7.76. The van der Waals surface area contributed by atoms with Crippen LogP contribution in [0.2, 0.25) is 0 Å². The molecule has 592 valence electrons. The third kappa shape index (κ3) is 45.6. The third-order valence-electron chi connectivity index (χ3n) is 18.1. The zero-order chi connectivity index (χ0) is 78.9. The zero-order valence-corrected chi connectivity index (χ0v) is 67.6. The van der Waals surface area contributed by atoms with E-state index in [4.69, 9.17) is 60.5 Å². The van der Waals surface area contributed by atoms with Gasteiger partial charge in [-0.05, 0) is 185 Å². The number of anilines is 6. The molecule has 32 heteroatoms. The van der Waals surface area contributed by atoms with Crippen molar-refractivity contribution in [2.24, 2.45) is 5.34 Å². The van der Waals surface area contributed by atoms with Crippen molar-refractivity contribution >= 4 is 86.1 Å². The van der Waals surface area contributed by atoms with Gasteiger partial charge < -0.3 is 69.8 Å². The molecule has 0 radical (unpaired) electrons. The minimum Gasteiger partial charge on any atom is -0.635 e. The number of amides is 2. The molecule has 5 fully saturated rings. The van der Waals surface area contributed by atoms with E-state index in [1.807, 2.05) is 42.5 Å². The number of phenolic OH excluding ortho intramolecular Hbond substituents is 1. The Morgan fingerprint density at radius 1 is 0.523 bits per heavy atom. The fraction of sp³-hybridized carbons (Fsp3) is 0.533. The van der Waals surface area contributed by atoms with Crippen LogP contribution in [0, 0.1) is 25.1 Å². The van der Waals surface area contributed by atoms with E-state index in [0.29, 0.717) is 40.6 Å². The van der Waals surface area contributed by atoms with Crippen LogP contribution in [0.5, 0.6) is 5.75 Å². The summed E-state index contributed by atoms with van der Waals surface area (Å²) in [5.74, 6) is 1.54. The minimum absolute atomic E-state index is 0. The number of hydrogen-bond donors (Lipinski definition) is 11. The van der Waals surface area contributed by atoms with E-state index in [-0.39, 0.29) is 103 Å². The molecule has 0 aromatic heterocycles. The van der Waals surface area contributed by atoms with Gasteiger partial charge in [0.25, 0.3) is 17.8 Å². The van der Waals surface area contributed by atoms with E-state index in [9.17, 15) is 44.5 Å². The summed E-state index contributed by atoms with van der Waals surface area (Å²) in [7, 11) is -4.67. The number of nitrogen functional groups attached to an aromatic ring is 4. The quantitative estimate of drug-likeness (QED) is 0.00498. The van der Waals surface area contributed by atoms with Crippen molar-refractivity contribution in [3.05, 3.63) is 150 Å². The molecule has 0 atom stereocenters. The Morgan fingerprint density at radius 2 is 0.813 bits per heavy atom. The summed E-state index contributed by atoms with van der Waals surface area (Å²) in [6, 6.07) is 29.9. The zero-order valence-electron chi connectivity index (χ0n) is 63.6. The molecule has 30 nitrogen and oxygen atoms in total. The molecule has 0 bridgehead atoms. The van der Waals surface area contributed by atoms with Gasteiger partial charge in [-0.1, -0.05) is 141 Å². The molecule has 5 saturated carbocycles. The van der Waals surface area contributed by atoms with Gasteiger partial charge in [-0.25, -0.2) is 0 Å². The van der Waals surface area contributed by atoms with Crippen molar-refractivity contribution in [2.45, 2.75) is 239 Å². The molecular formula is C75H116KN11O19S. The minimum atomic E-state index is -4.67. The van der Waals surface area contributed by atoms with Crippen molar-refractivity contribution in [2.75, 3.05) is 53.2 Å². The average molecular weight is 1550 g/mol. The molecular weight excluding hydrogens is 1430 g/mol. The Kier molecular flexibility index (Phi) is 55.2. The number of nitro benzene ring substituents is 2. The second-order valence-electron chi connectivity index (χ2n) is 25.9. The van der Waals surface area contributed by atoms with Crippen molar-refractivity contribution in [3.8, 4) is 5.75 Å². The first kappa shape index (κ1) is 101. The van der Waals surface area contributed by atoms with Crippen LogP contribution in [0.15, 0.2) is 102 Å². The Labute approximate surface area is 672 Å². The Bertz CT molecular complexity index is 3480. The van der Waals surface area contributed by atoms with Gasteiger partial charge in [-0.3, -0.25) is 53.3 Å². The monoisotopic (exact) mass is 1550 g/mol. The van der Waals surface area contributed by atoms with E-state index in [0.717, 1.165) is 78.2 Å². The number of nitrogens with zero attached hydrogens (tertiary/aromatic N) is 4. The molecule has 2 amide bonds. The predicted octanol–water partition coefficient (Wildman–Crippen LogP) is 13.1. The maximum Gasteiger partial charge on any atom is 1.00 e. The molecule has 0 heterocycles. The number of carbonyl (C=O) groups excluding carboxylic acids is 4. The summed E-state index contributed by atoms with van der Waals surface area (Å²) >= 11 is 0. The van der Waals surface area contributed by atoms with Gasteiger partial charge in [0.15, 0.2) is 0 Å². The van der Waals surface area contributed by atoms with Crippen LogP contribution in [0.4, 0.5) is 45.5 Å². The van der Waals surface area contributed by atoms with E-state index < -0.39 is 22.3 Å². The number of hydrogen-bond acceptors (Lipinski definition) is 23. The van der Waals surface area contributed by atoms with Crippen LogP contribution in [0.1, 0.15) is 266 Å².